The van der Waals surface area contributed by atoms with E-state index in [1.807, 2.05) is 0 Å². The number of benzene rings is 2. The Morgan fingerprint density at radius 2 is 1.90 bits per heavy atom. The van der Waals surface area contributed by atoms with Gasteiger partial charge in [0.2, 0.25) is 5.91 Å². The molecule has 0 bridgehead atoms. The van der Waals surface area contributed by atoms with Crippen LogP contribution in [0.1, 0.15) is 17.5 Å². The molecule has 0 atom stereocenters. The first-order chi connectivity index (χ1) is 10.1. The number of fused-ring (bicyclic) bond motifs is 1. The number of halogens is 2. The zero-order chi connectivity index (χ0) is 15.0. The molecule has 3 nitrogen and oxygen atoms in total. The van der Waals surface area contributed by atoms with Crippen LogP contribution in [0.3, 0.4) is 0 Å². The van der Waals surface area contributed by atoms with Gasteiger partial charge in [-0.3, -0.25) is 4.79 Å². The molecule has 0 unspecified atom stereocenters. The van der Waals surface area contributed by atoms with Gasteiger partial charge in [0.25, 0.3) is 0 Å². The van der Waals surface area contributed by atoms with Gasteiger partial charge < -0.3 is 10.4 Å². The molecule has 1 aliphatic heterocycles. The number of nitrogens with one attached hydrogen (secondary N) is 1. The van der Waals surface area contributed by atoms with E-state index < -0.39 is 11.6 Å². The molecule has 5 heteroatoms. The Bertz CT molecular complexity index is 728. The average Bonchev–Trinajstić information content (AvgIpc) is 2.45. The summed E-state index contributed by atoms with van der Waals surface area (Å²) in [5, 5.41) is 11.7. The van der Waals surface area contributed by atoms with Crippen molar-refractivity contribution in [2.24, 2.45) is 0 Å². The summed E-state index contributed by atoms with van der Waals surface area (Å²) in [5.74, 6) is -1.20. The SMILES string of the molecule is O=C1CCc2cc(-c3cc(F)cc(CO)c3)c(F)cc2N1. The van der Waals surface area contributed by atoms with Crippen LogP contribution in [-0.2, 0) is 17.8 Å². The van der Waals surface area contributed by atoms with Gasteiger partial charge in [-0.15, -0.1) is 0 Å². The van der Waals surface area contributed by atoms with Crippen LogP contribution in [0.25, 0.3) is 11.1 Å². The minimum absolute atomic E-state index is 0.136. The lowest BCUT2D eigenvalue weighted by molar-refractivity contribution is -0.116. The van der Waals surface area contributed by atoms with Crippen LogP contribution in [0, 0.1) is 11.6 Å². The zero-order valence-corrected chi connectivity index (χ0v) is 11.1. The monoisotopic (exact) mass is 289 g/mol. The van der Waals surface area contributed by atoms with E-state index in [1.165, 1.54) is 18.2 Å². The highest BCUT2D eigenvalue weighted by atomic mass is 19.1. The van der Waals surface area contributed by atoms with E-state index in [1.54, 1.807) is 12.1 Å². The van der Waals surface area contributed by atoms with Crippen LogP contribution in [-0.4, -0.2) is 11.0 Å². The molecule has 0 radical (unpaired) electrons. The predicted octanol–water partition coefficient (Wildman–Crippen LogP) is 3.01. The lowest BCUT2D eigenvalue weighted by Gasteiger charge is -2.18. The summed E-state index contributed by atoms with van der Waals surface area (Å²) < 4.78 is 27.8. The molecule has 0 aromatic heterocycles. The van der Waals surface area contributed by atoms with Crippen molar-refractivity contribution in [3.05, 3.63) is 53.1 Å². The minimum atomic E-state index is -0.537. The summed E-state index contributed by atoms with van der Waals surface area (Å²) >= 11 is 0. The van der Waals surface area contributed by atoms with E-state index >= 15 is 0 Å². The lowest BCUT2D eigenvalue weighted by Crippen LogP contribution is -2.19. The smallest absolute Gasteiger partial charge is 0.224 e. The second-order valence-electron chi connectivity index (χ2n) is 5.04. The van der Waals surface area contributed by atoms with E-state index in [-0.39, 0.29) is 18.1 Å². The van der Waals surface area contributed by atoms with Crippen LogP contribution < -0.4 is 5.32 Å². The van der Waals surface area contributed by atoms with Crippen LogP contribution in [0.4, 0.5) is 14.5 Å². The molecule has 2 aromatic rings. The maximum Gasteiger partial charge on any atom is 0.224 e. The van der Waals surface area contributed by atoms with Crippen molar-refractivity contribution in [3.63, 3.8) is 0 Å². The number of rotatable bonds is 2. The molecule has 21 heavy (non-hydrogen) atoms. The van der Waals surface area contributed by atoms with E-state index in [2.05, 4.69) is 5.32 Å². The Morgan fingerprint density at radius 3 is 2.67 bits per heavy atom. The quantitative estimate of drug-likeness (QED) is 0.893. The lowest BCUT2D eigenvalue weighted by atomic mass is 9.95. The van der Waals surface area contributed by atoms with Crippen LogP contribution in [0.15, 0.2) is 30.3 Å². The molecule has 2 aromatic carbocycles. The molecule has 0 aliphatic carbocycles. The third kappa shape index (κ3) is 2.64. The topological polar surface area (TPSA) is 49.3 Å². The summed E-state index contributed by atoms with van der Waals surface area (Å²) in [7, 11) is 0. The van der Waals surface area contributed by atoms with Gasteiger partial charge in [-0.1, -0.05) is 0 Å². The normalized spacial score (nSPS) is 13.8. The molecular formula is C16H13F2NO2. The maximum atomic E-state index is 14.2. The van der Waals surface area contributed by atoms with Gasteiger partial charge in [0, 0.05) is 17.7 Å². The molecule has 1 amide bonds. The van der Waals surface area contributed by atoms with Gasteiger partial charge in [-0.05, 0) is 53.4 Å². The van der Waals surface area contributed by atoms with Crippen molar-refractivity contribution in [1.29, 1.82) is 0 Å². The number of anilines is 1. The number of carbonyl (C=O) groups is 1. The number of aliphatic hydroxyl groups excluding tert-OH is 1. The fraction of sp³-hybridized carbons (Fsp3) is 0.188. The summed E-state index contributed by atoms with van der Waals surface area (Å²) in [4.78, 5) is 11.3. The van der Waals surface area contributed by atoms with Crippen molar-refractivity contribution in [1.82, 2.24) is 0 Å². The first-order valence-electron chi connectivity index (χ1n) is 6.60. The molecule has 0 saturated heterocycles. The fourth-order valence-corrected chi connectivity index (χ4v) is 2.52. The van der Waals surface area contributed by atoms with Gasteiger partial charge in [0.15, 0.2) is 0 Å². The number of aryl methyl sites for hydroxylation is 1. The van der Waals surface area contributed by atoms with E-state index in [9.17, 15) is 13.6 Å². The summed E-state index contributed by atoms with van der Waals surface area (Å²) in [6.45, 7) is -0.312. The Kier molecular flexibility index (Phi) is 3.43. The van der Waals surface area contributed by atoms with Crippen molar-refractivity contribution in [2.75, 3.05) is 5.32 Å². The Hall–Kier alpha value is -2.27. The van der Waals surface area contributed by atoms with Crippen LogP contribution in [0.5, 0.6) is 0 Å². The minimum Gasteiger partial charge on any atom is -0.392 e. The second-order valence-corrected chi connectivity index (χ2v) is 5.04. The largest absolute Gasteiger partial charge is 0.392 e. The van der Waals surface area contributed by atoms with Gasteiger partial charge in [-0.2, -0.15) is 0 Å². The van der Waals surface area contributed by atoms with Crippen LogP contribution >= 0.6 is 0 Å². The van der Waals surface area contributed by atoms with Crippen molar-refractivity contribution >= 4 is 11.6 Å². The van der Waals surface area contributed by atoms with Crippen molar-refractivity contribution < 1.29 is 18.7 Å². The summed E-state index contributed by atoms with van der Waals surface area (Å²) in [6, 6.07) is 6.87. The molecular weight excluding hydrogens is 276 g/mol. The van der Waals surface area contributed by atoms with E-state index in [4.69, 9.17) is 5.11 Å². The van der Waals surface area contributed by atoms with Crippen molar-refractivity contribution in [3.8, 4) is 11.1 Å². The predicted molar refractivity (Wildman–Crippen MR) is 74.7 cm³/mol. The van der Waals surface area contributed by atoms with Gasteiger partial charge in [0.05, 0.1) is 6.61 Å². The second kappa shape index (κ2) is 5.26. The number of carbonyl (C=O) groups excluding carboxylic acids is 1. The Labute approximate surface area is 120 Å². The highest BCUT2D eigenvalue weighted by Crippen LogP contribution is 2.32. The third-order valence-electron chi connectivity index (χ3n) is 3.54. The standard InChI is InChI=1S/C16H13F2NO2/c17-12-4-9(8-20)3-11(5-12)13-6-10-1-2-16(21)19-15(10)7-14(13)18/h3-7,20H,1-2,8H2,(H,19,21). The molecule has 0 saturated carbocycles. The highest BCUT2D eigenvalue weighted by molar-refractivity contribution is 5.94. The molecule has 0 fully saturated rings. The third-order valence-corrected chi connectivity index (χ3v) is 3.54. The first-order valence-corrected chi connectivity index (χ1v) is 6.60. The molecule has 1 aliphatic rings. The Morgan fingerprint density at radius 1 is 1.10 bits per heavy atom. The molecule has 0 spiro atoms. The van der Waals surface area contributed by atoms with Crippen LogP contribution in [0.2, 0.25) is 0 Å². The number of hydrogen-bond acceptors (Lipinski definition) is 2. The van der Waals surface area contributed by atoms with Crippen molar-refractivity contribution in [2.45, 2.75) is 19.4 Å². The van der Waals surface area contributed by atoms with Gasteiger partial charge in [-0.25, -0.2) is 8.78 Å². The molecule has 1 heterocycles. The summed E-state index contributed by atoms with van der Waals surface area (Å²) in [6.07, 6.45) is 0.875. The molecule has 2 N–H and O–H groups in total. The van der Waals surface area contributed by atoms with E-state index in [0.29, 0.717) is 29.7 Å². The van der Waals surface area contributed by atoms with E-state index in [0.717, 1.165) is 5.56 Å². The zero-order valence-electron chi connectivity index (χ0n) is 11.1. The highest BCUT2D eigenvalue weighted by Gasteiger charge is 2.18. The first kappa shape index (κ1) is 13.7. The van der Waals surface area contributed by atoms with Gasteiger partial charge in [0.1, 0.15) is 11.6 Å². The number of aliphatic hydroxyl groups is 1. The van der Waals surface area contributed by atoms with Gasteiger partial charge >= 0.3 is 0 Å². The molecule has 108 valence electrons. The fourth-order valence-electron chi connectivity index (χ4n) is 2.52. The average molecular weight is 289 g/mol. The maximum absolute atomic E-state index is 14.2. The number of amides is 1. The summed E-state index contributed by atoms with van der Waals surface area (Å²) in [5.41, 5.74) is 2.30. The Balaban J connectivity index is 2.11. The number of hydrogen-bond donors (Lipinski definition) is 2. The molecule has 3 rings (SSSR count).